The molecule has 1 aromatic heterocycles. The lowest BCUT2D eigenvalue weighted by Gasteiger charge is -2.12. The van der Waals surface area contributed by atoms with E-state index in [4.69, 9.17) is 14.2 Å². The molecular weight excluding hydrogens is 358 g/mol. The van der Waals surface area contributed by atoms with Crippen LogP contribution in [-0.4, -0.2) is 43.1 Å². The van der Waals surface area contributed by atoms with E-state index in [9.17, 15) is 0 Å². The average Bonchev–Trinajstić information content (AvgIpc) is 2.74. The van der Waals surface area contributed by atoms with Crippen LogP contribution < -0.4 is 24.8 Å². The predicted octanol–water partition coefficient (Wildman–Crippen LogP) is 3.30. The van der Waals surface area contributed by atoms with Crippen molar-refractivity contribution < 1.29 is 14.2 Å². The molecule has 0 amide bonds. The number of anilines is 3. The molecule has 0 radical (unpaired) electrons. The minimum Gasteiger partial charge on any atom is -0.497 e. The van der Waals surface area contributed by atoms with Crippen LogP contribution in [0, 0.1) is 0 Å². The summed E-state index contributed by atoms with van der Waals surface area (Å²) >= 11 is 0. The Labute approximate surface area is 163 Å². The Morgan fingerprint density at radius 1 is 0.929 bits per heavy atom. The number of hydrogen-bond donors (Lipinski definition) is 2. The van der Waals surface area contributed by atoms with E-state index >= 15 is 0 Å². The zero-order chi connectivity index (χ0) is 19.8. The van der Waals surface area contributed by atoms with Crippen molar-refractivity contribution >= 4 is 17.5 Å². The third-order valence-corrected chi connectivity index (χ3v) is 4.06. The Kier molecular flexibility index (Phi) is 6.46. The van der Waals surface area contributed by atoms with Crippen molar-refractivity contribution in [2.75, 3.05) is 38.5 Å². The van der Waals surface area contributed by atoms with Gasteiger partial charge >= 0.3 is 0 Å². The highest BCUT2D eigenvalue weighted by atomic mass is 16.5. The van der Waals surface area contributed by atoms with Crippen molar-refractivity contribution in [1.82, 2.24) is 15.2 Å². The first-order valence-electron chi connectivity index (χ1n) is 8.77. The molecule has 0 saturated heterocycles. The van der Waals surface area contributed by atoms with Crippen molar-refractivity contribution in [1.29, 1.82) is 0 Å². The molecule has 2 aromatic carbocycles. The second-order valence-electron chi connectivity index (χ2n) is 5.88. The second kappa shape index (κ2) is 9.40. The molecule has 0 saturated carbocycles. The lowest BCUT2D eigenvalue weighted by atomic mass is 10.1. The first-order chi connectivity index (χ1) is 13.7. The maximum absolute atomic E-state index is 5.39. The number of rotatable bonds is 9. The van der Waals surface area contributed by atoms with E-state index in [1.807, 2.05) is 30.3 Å². The van der Waals surface area contributed by atoms with Gasteiger partial charge in [0, 0.05) is 12.6 Å². The largest absolute Gasteiger partial charge is 0.497 e. The Balaban J connectivity index is 1.62. The van der Waals surface area contributed by atoms with Crippen LogP contribution in [0.15, 0.2) is 48.7 Å². The molecule has 28 heavy (non-hydrogen) atoms. The number of nitrogens with zero attached hydrogens (tertiary/aromatic N) is 3. The highest BCUT2D eigenvalue weighted by molar-refractivity contribution is 5.65. The number of nitrogens with one attached hydrogen (secondary N) is 2. The van der Waals surface area contributed by atoms with Gasteiger partial charge in [0.2, 0.25) is 5.95 Å². The summed E-state index contributed by atoms with van der Waals surface area (Å²) in [6.45, 7) is 0.671. The van der Waals surface area contributed by atoms with E-state index in [-0.39, 0.29) is 0 Å². The summed E-state index contributed by atoms with van der Waals surface area (Å²) in [5.41, 5.74) is 1.92. The molecule has 0 fully saturated rings. The second-order valence-corrected chi connectivity index (χ2v) is 5.88. The third kappa shape index (κ3) is 5.00. The zero-order valence-corrected chi connectivity index (χ0v) is 16.1. The highest BCUT2D eigenvalue weighted by Crippen LogP contribution is 2.30. The van der Waals surface area contributed by atoms with E-state index in [2.05, 4.69) is 31.9 Å². The summed E-state index contributed by atoms with van der Waals surface area (Å²) < 4.78 is 15.8. The molecule has 146 valence electrons. The van der Waals surface area contributed by atoms with Crippen LogP contribution in [-0.2, 0) is 6.42 Å². The smallest absolute Gasteiger partial charge is 0.244 e. The van der Waals surface area contributed by atoms with Crippen LogP contribution in [0.5, 0.6) is 17.2 Å². The molecule has 3 aromatic rings. The molecule has 0 bridgehead atoms. The quantitative estimate of drug-likeness (QED) is 0.583. The number of ether oxygens (including phenoxy) is 3. The van der Waals surface area contributed by atoms with Gasteiger partial charge in [0.05, 0.1) is 33.2 Å². The Bertz CT molecular complexity index is 920. The fraction of sp³-hybridized carbons (Fsp3) is 0.250. The zero-order valence-electron chi connectivity index (χ0n) is 16.1. The molecule has 3 rings (SSSR count). The van der Waals surface area contributed by atoms with E-state index in [0.717, 1.165) is 23.4 Å². The van der Waals surface area contributed by atoms with Gasteiger partial charge in [0.25, 0.3) is 0 Å². The van der Waals surface area contributed by atoms with Crippen LogP contribution in [0.25, 0.3) is 0 Å². The molecular formula is C20H23N5O3. The fourth-order valence-electron chi connectivity index (χ4n) is 2.63. The summed E-state index contributed by atoms with van der Waals surface area (Å²) in [4.78, 5) is 4.44. The summed E-state index contributed by atoms with van der Waals surface area (Å²) in [6, 6.07) is 13.4. The molecule has 0 spiro atoms. The van der Waals surface area contributed by atoms with Gasteiger partial charge in [-0.2, -0.15) is 10.1 Å². The maximum Gasteiger partial charge on any atom is 0.244 e. The Morgan fingerprint density at radius 2 is 1.75 bits per heavy atom. The molecule has 0 aliphatic rings. The summed E-state index contributed by atoms with van der Waals surface area (Å²) in [5, 5.41) is 14.4. The van der Waals surface area contributed by atoms with Gasteiger partial charge in [-0.25, -0.2) is 0 Å². The lowest BCUT2D eigenvalue weighted by molar-refractivity contribution is 0.395. The van der Waals surface area contributed by atoms with Gasteiger partial charge in [-0.1, -0.05) is 12.1 Å². The van der Waals surface area contributed by atoms with E-state index < -0.39 is 0 Å². The molecule has 8 heteroatoms. The van der Waals surface area contributed by atoms with Crippen LogP contribution in [0.2, 0.25) is 0 Å². The summed E-state index contributed by atoms with van der Waals surface area (Å²) in [6.07, 6.45) is 2.36. The minimum absolute atomic E-state index is 0.445. The lowest BCUT2D eigenvalue weighted by Crippen LogP contribution is -2.10. The Morgan fingerprint density at radius 3 is 2.54 bits per heavy atom. The van der Waals surface area contributed by atoms with Gasteiger partial charge in [-0.15, -0.1) is 5.10 Å². The predicted molar refractivity (Wildman–Crippen MR) is 108 cm³/mol. The molecule has 0 unspecified atom stereocenters. The molecule has 1 heterocycles. The normalized spacial score (nSPS) is 10.2. The topological polar surface area (TPSA) is 90.4 Å². The third-order valence-electron chi connectivity index (χ3n) is 4.06. The SMILES string of the molecule is COc1cccc(CCNc2nncc(Nc3ccc(OC)cc3OC)n2)c1. The van der Waals surface area contributed by atoms with Gasteiger partial charge in [0.1, 0.15) is 17.2 Å². The summed E-state index contributed by atoms with van der Waals surface area (Å²) in [7, 11) is 4.87. The van der Waals surface area contributed by atoms with E-state index in [1.165, 1.54) is 0 Å². The number of benzene rings is 2. The first-order valence-corrected chi connectivity index (χ1v) is 8.77. The molecule has 8 nitrogen and oxygen atoms in total. The maximum atomic E-state index is 5.39. The van der Waals surface area contributed by atoms with Crippen molar-refractivity contribution in [2.45, 2.75) is 6.42 Å². The monoisotopic (exact) mass is 381 g/mol. The Hall–Kier alpha value is -3.55. The molecule has 0 aliphatic carbocycles. The van der Waals surface area contributed by atoms with Crippen LogP contribution in [0.4, 0.5) is 17.5 Å². The van der Waals surface area contributed by atoms with E-state index in [1.54, 1.807) is 33.6 Å². The average molecular weight is 381 g/mol. The van der Waals surface area contributed by atoms with Gasteiger partial charge in [-0.3, -0.25) is 0 Å². The van der Waals surface area contributed by atoms with Crippen molar-refractivity contribution in [2.24, 2.45) is 0 Å². The van der Waals surface area contributed by atoms with Gasteiger partial charge in [0.15, 0.2) is 5.82 Å². The van der Waals surface area contributed by atoms with E-state index in [0.29, 0.717) is 29.8 Å². The molecule has 0 aliphatic heterocycles. The molecule has 2 N–H and O–H groups in total. The number of aromatic nitrogens is 3. The highest BCUT2D eigenvalue weighted by Gasteiger charge is 2.07. The van der Waals surface area contributed by atoms with Gasteiger partial charge in [-0.05, 0) is 36.2 Å². The fourth-order valence-corrected chi connectivity index (χ4v) is 2.63. The number of methoxy groups -OCH3 is 3. The standard InChI is InChI=1S/C20H23N5O3/c1-26-15-6-4-5-14(11-15)9-10-21-20-24-19(13-22-25-20)23-17-8-7-16(27-2)12-18(17)28-3/h4-8,11-13H,9-10H2,1-3H3,(H2,21,23,24,25). The van der Waals surface area contributed by atoms with Crippen LogP contribution in [0.3, 0.4) is 0 Å². The van der Waals surface area contributed by atoms with Crippen molar-refractivity contribution in [3.63, 3.8) is 0 Å². The first kappa shape index (κ1) is 19.2. The minimum atomic E-state index is 0.445. The van der Waals surface area contributed by atoms with Crippen molar-refractivity contribution in [3.8, 4) is 17.2 Å². The molecule has 0 atom stereocenters. The van der Waals surface area contributed by atoms with Crippen LogP contribution >= 0.6 is 0 Å². The van der Waals surface area contributed by atoms with Gasteiger partial charge < -0.3 is 24.8 Å². The number of hydrogen-bond acceptors (Lipinski definition) is 8. The summed E-state index contributed by atoms with van der Waals surface area (Å²) in [5.74, 6) is 3.20. The van der Waals surface area contributed by atoms with Crippen molar-refractivity contribution in [3.05, 3.63) is 54.2 Å². The van der Waals surface area contributed by atoms with Crippen LogP contribution in [0.1, 0.15) is 5.56 Å².